The normalized spacial score (nSPS) is 20.5. The molecule has 1 N–H and O–H groups in total. The number of carbonyl (C=O) groups is 1. The van der Waals surface area contributed by atoms with Gasteiger partial charge in [-0.3, -0.25) is 4.79 Å². The molecule has 146 valence electrons. The topological polar surface area (TPSA) is 46.4 Å². The Bertz CT molecular complexity index is 1000. The van der Waals surface area contributed by atoms with Gasteiger partial charge in [0.2, 0.25) is 0 Å². The van der Waals surface area contributed by atoms with Crippen molar-refractivity contribution in [2.45, 2.75) is 45.6 Å². The molecule has 0 radical (unpaired) electrons. The minimum absolute atomic E-state index is 0.130. The molecule has 1 aliphatic carbocycles. The summed E-state index contributed by atoms with van der Waals surface area (Å²) >= 11 is 13.3. The maximum Gasteiger partial charge on any atom is 0.264 e. The van der Waals surface area contributed by atoms with Crippen LogP contribution in [0.2, 0.25) is 10.0 Å². The second-order valence-corrected chi connectivity index (χ2v) is 9.06. The average molecular weight is 434 g/mol. The Kier molecular flexibility index (Phi) is 5.59. The molecule has 2 aromatic rings. The van der Waals surface area contributed by atoms with Crippen LogP contribution in [0.3, 0.4) is 0 Å². The van der Waals surface area contributed by atoms with Crippen molar-refractivity contribution in [3.8, 4) is 0 Å². The lowest BCUT2D eigenvalue weighted by atomic mass is 10.2. The van der Waals surface area contributed by atoms with Gasteiger partial charge in [0.15, 0.2) is 5.17 Å². The lowest BCUT2D eigenvalue weighted by Crippen LogP contribution is -2.19. The fourth-order valence-electron chi connectivity index (χ4n) is 3.97. The summed E-state index contributed by atoms with van der Waals surface area (Å²) in [5.74, 6) is -0.130. The molecule has 2 fully saturated rings. The average Bonchev–Trinajstić information content (AvgIpc) is 3.34. The smallest absolute Gasteiger partial charge is 0.264 e. The molecule has 7 heteroatoms. The first-order valence-electron chi connectivity index (χ1n) is 9.35. The van der Waals surface area contributed by atoms with Gasteiger partial charge in [0.25, 0.3) is 5.91 Å². The van der Waals surface area contributed by atoms with Crippen LogP contribution in [0, 0.1) is 13.8 Å². The van der Waals surface area contributed by atoms with Crippen LogP contribution >= 0.6 is 35.0 Å². The molecule has 1 saturated carbocycles. The van der Waals surface area contributed by atoms with Crippen molar-refractivity contribution < 1.29 is 4.79 Å². The van der Waals surface area contributed by atoms with Crippen molar-refractivity contribution >= 4 is 57.8 Å². The molecule has 4 nitrogen and oxygen atoms in total. The molecular weight excluding hydrogens is 413 g/mol. The summed E-state index contributed by atoms with van der Waals surface area (Å²) in [6.07, 6.45) is 7.03. The van der Waals surface area contributed by atoms with Gasteiger partial charge in [0, 0.05) is 17.4 Å². The SMILES string of the molecule is Cc1cc(/C=C2\SC(=Nc3ccc(Cl)c(Cl)c3)NC2=O)c(C)n1C1CCCC1. The van der Waals surface area contributed by atoms with Gasteiger partial charge in [-0.1, -0.05) is 36.0 Å². The number of thioether (sulfide) groups is 1. The van der Waals surface area contributed by atoms with E-state index in [-0.39, 0.29) is 5.91 Å². The highest BCUT2D eigenvalue weighted by Gasteiger charge is 2.26. The molecule has 1 aromatic carbocycles. The number of rotatable bonds is 3. The van der Waals surface area contributed by atoms with Crippen LogP contribution in [0.5, 0.6) is 0 Å². The Morgan fingerprint density at radius 1 is 1.18 bits per heavy atom. The number of nitrogens with zero attached hydrogens (tertiary/aromatic N) is 2. The predicted molar refractivity (Wildman–Crippen MR) is 119 cm³/mol. The van der Waals surface area contributed by atoms with Gasteiger partial charge in [0.1, 0.15) is 0 Å². The molecule has 0 bridgehead atoms. The van der Waals surface area contributed by atoms with Crippen LogP contribution in [-0.2, 0) is 4.79 Å². The molecule has 0 spiro atoms. The second kappa shape index (κ2) is 7.97. The molecule has 28 heavy (non-hydrogen) atoms. The summed E-state index contributed by atoms with van der Waals surface area (Å²) in [7, 11) is 0. The van der Waals surface area contributed by atoms with Crippen LogP contribution in [0.15, 0.2) is 34.2 Å². The van der Waals surface area contributed by atoms with Crippen LogP contribution < -0.4 is 5.32 Å². The molecule has 0 unspecified atom stereocenters. The maximum absolute atomic E-state index is 12.4. The van der Waals surface area contributed by atoms with Crippen LogP contribution in [0.1, 0.15) is 48.7 Å². The van der Waals surface area contributed by atoms with E-state index in [1.54, 1.807) is 18.2 Å². The Balaban J connectivity index is 1.59. The minimum atomic E-state index is -0.130. The third-order valence-corrected chi connectivity index (χ3v) is 6.93. The molecule has 1 aromatic heterocycles. The van der Waals surface area contributed by atoms with E-state index in [1.165, 1.54) is 48.8 Å². The lowest BCUT2D eigenvalue weighted by Gasteiger charge is -2.17. The second-order valence-electron chi connectivity index (χ2n) is 7.21. The summed E-state index contributed by atoms with van der Waals surface area (Å²) in [6.45, 7) is 4.28. The van der Waals surface area contributed by atoms with E-state index in [0.29, 0.717) is 31.8 Å². The predicted octanol–water partition coefficient (Wildman–Crippen LogP) is 6.42. The molecule has 0 atom stereocenters. The van der Waals surface area contributed by atoms with Crippen molar-refractivity contribution in [3.63, 3.8) is 0 Å². The third-order valence-electron chi connectivity index (χ3n) is 5.28. The zero-order chi connectivity index (χ0) is 19.8. The van der Waals surface area contributed by atoms with Crippen molar-refractivity contribution in [2.75, 3.05) is 0 Å². The zero-order valence-corrected chi connectivity index (χ0v) is 18.1. The lowest BCUT2D eigenvalue weighted by molar-refractivity contribution is -0.115. The van der Waals surface area contributed by atoms with E-state index in [4.69, 9.17) is 23.2 Å². The number of aromatic nitrogens is 1. The molecule has 1 amide bonds. The summed E-state index contributed by atoms with van der Waals surface area (Å²) in [6, 6.07) is 7.90. The number of hydrogen-bond donors (Lipinski definition) is 1. The highest BCUT2D eigenvalue weighted by Crippen LogP contribution is 2.35. The molecule has 2 heterocycles. The Hall–Kier alpha value is -1.69. The summed E-state index contributed by atoms with van der Waals surface area (Å²) < 4.78 is 2.43. The third kappa shape index (κ3) is 3.88. The Labute approximate surface area is 179 Å². The van der Waals surface area contributed by atoms with Crippen LogP contribution in [0.25, 0.3) is 6.08 Å². The van der Waals surface area contributed by atoms with Gasteiger partial charge in [-0.05, 0) is 74.4 Å². The Morgan fingerprint density at radius 2 is 1.93 bits per heavy atom. The number of aryl methyl sites for hydroxylation is 1. The van der Waals surface area contributed by atoms with E-state index < -0.39 is 0 Å². The maximum atomic E-state index is 12.4. The van der Waals surface area contributed by atoms with Crippen LogP contribution in [0.4, 0.5) is 5.69 Å². The van der Waals surface area contributed by atoms with Crippen molar-refractivity contribution in [3.05, 3.63) is 56.2 Å². The zero-order valence-electron chi connectivity index (χ0n) is 15.8. The molecule has 1 saturated heterocycles. The first kappa shape index (κ1) is 19.6. The van der Waals surface area contributed by atoms with Crippen LogP contribution in [-0.4, -0.2) is 15.6 Å². The van der Waals surface area contributed by atoms with Crippen molar-refractivity contribution in [1.82, 2.24) is 9.88 Å². The largest absolute Gasteiger partial charge is 0.346 e. The summed E-state index contributed by atoms with van der Waals surface area (Å²) in [4.78, 5) is 17.5. The van der Waals surface area contributed by atoms with Gasteiger partial charge >= 0.3 is 0 Å². The number of amidine groups is 1. The quantitative estimate of drug-likeness (QED) is 0.567. The van der Waals surface area contributed by atoms with E-state index in [0.717, 1.165) is 5.56 Å². The summed E-state index contributed by atoms with van der Waals surface area (Å²) in [5, 5.41) is 4.28. The minimum Gasteiger partial charge on any atom is -0.346 e. The van der Waals surface area contributed by atoms with E-state index in [1.807, 2.05) is 6.08 Å². The van der Waals surface area contributed by atoms with E-state index in [9.17, 15) is 4.79 Å². The van der Waals surface area contributed by atoms with Gasteiger partial charge in [0.05, 0.1) is 20.6 Å². The van der Waals surface area contributed by atoms with E-state index in [2.05, 4.69) is 34.8 Å². The monoisotopic (exact) mass is 433 g/mol. The standard InChI is InChI=1S/C21H21Cl2N3OS/c1-12-9-14(13(2)26(12)16-5-3-4-6-16)10-19-20(27)25-21(28-19)24-15-7-8-17(22)18(23)11-15/h7-11,16H,3-6H2,1-2H3,(H,24,25,27)/b19-10-. The number of carbonyl (C=O) groups excluding carboxylic acids is 1. The fraction of sp³-hybridized carbons (Fsp3) is 0.333. The van der Waals surface area contributed by atoms with Gasteiger partial charge in [-0.2, -0.15) is 0 Å². The first-order chi connectivity index (χ1) is 13.4. The molecule has 2 aliphatic rings. The van der Waals surface area contributed by atoms with Crippen molar-refractivity contribution in [1.29, 1.82) is 0 Å². The van der Waals surface area contributed by atoms with Crippen molar-refractivity contribution in [2.24, 2.45) is 4.99 Å². The Morgan fingerprint density at radius 3 is 2.64 bits per heavy atom. The molecule has 4 rings (SSSR count). The number of amides is 1. The molecule has 1 aliphatic heterocycles. The number of benzene rings is 1. The number of nitrogens with one attached hydrogen (secondary N) is 1. The highest BCUT2D eigenvalue weighted by molar-refractivity contribution is 8.18. The van der Waals surface area contributed by atoms with Gasteiger partial charge < -0.3 is 9.88 Å². The van der Waals surface area contributed by atoms with Gasteiger partial charge in [-0.15, -0.1) is 0 Å². The molecular formula is C21H21Cl2N3OS. The highest BCUT2D eigenvalue weighted by atomic mass is 35.5. The number of halogens is 2. The van der Waals surface area contributed by atoms with Gasteiger partial charge in [-0.25, -0.2) is 4.99 Å². The number of aliphatic imine (C=N–C) groups is 1. The van der Waals surface area contributed by atoms with E-state index >= 15 is 0 Å². The fourth-order valence-corrected chi connectivity index (χ4v) is 5.09. The summed E-state index contributed by atoms with van der Waals surface area (Å²) in [5.41, 5.74) is 4.22. The first-order valence-corrected chi connectivity index (χ1v) is 10.9. The number of hydrogen-bond acceptors (Lipinski definition) is 3.